The molecular formula is C25H26ClN3O4S. The van der Waals surface area contributed by atoms with Crippen LogP contribution in [-0.4, -0.2) is 54.8 Å². The van der Waals surface area contributed by atoms with Crippen molar-refractivity contribution in [3.05, 3.63) is 59.1 Å². The first-order chi connectivity index (χ1) is 16.5. The maximum absolute atomic E-state index is 14.1. The fourth-order valence-corrected chi connectivity index (χ4v) is 6.63. The quantitative estimate of drug-likeness (QED) is 0.582. The second kappa shape index (κ2) is 9.24. The summed E-state index contributed by atoms with van der Waals surface area (Å²) in [6.07, 6.45) is 1.41. The van der Waals surface area contributed by atoms with Gasteiger partial charge in [0.25, 0.3) is 5.91 Å². The molecule has 0 aliphatic carbocycles. The first-order valence-corrected chi connectivity index (χ1v) is 12.8. The van der Waals surface area contributed by atoms with Gasteiger partial charge in [-0.15, -0.1) is 11.8 Å². The summed E-state index contributed by atoms with van der Waals surface area (Å²) < 4.78 is 5.18. The molecule has 1 spiro atoms. The van der Waals surface area contributed by atoms with E-state index < -0.39 is 4.87 Å². The van der Waals surface area contributed by atoms with Gasteiger partial charge in [0, 0.05) is 29.4 Å². The van der Waals surface area contributed by atoms with Crippen molar-refractivity contribution in [2.45, 2.75) is 24.6 Å². The number of carbonyl (C=O) groups is 3. The third kappa shape index (κ3) is 3.78. The molecule has 3 heterocycles. The molecule has 1 atom stereocenters. The lowest BCUT2D eigenvalue weighted by Crippen LogP contribution is -2.52. The summed E-state index contributed by atoms with van der Waals surface area (Å²) in [5.74, 6) is -0.262. The number of anilines is 2. The standard InChI is InChI=1S/C25H26ClN3O4S/c1-2-33-23(31)17-10-12-27(13-11-17)16-28-21-9-4-3-8-20(21)25(24(28)32)29(22(30)15-34-25)19-7-5-6-18(26)14-19/h3-9,14,17H,2,10-13,15-16H2,1H3/t25-/m1/s1. The number of fused-ring (bicyclic) bond motifs is 2. The monoisotopic (exact) mass is 499 g/mol. The van der Waals surface area contributed by atoms with Crippen molar-refractivity contribution in [2.24, 2.45) is 5.92 Å². The van der Waals surface area contributed by atoms with Gasteiger partial charge in [0.05, 0.1) is 30.6 Å². The van der Waals surface area contributed by atoms with Crippen LogP contribution in [0.2, 0.25) is 5.02 Å². The van der Waals surface area contributed by atoms with E-state index in [2.05, 4.69) is 4.90 Å². The Labute approximate surface area is 208 Å². The van der Waals surface area contributed by atoms with E-state index in [0.29, 0.717) is 49.9 Å². The average molecular weight is 500 g/mol. The van der Waals surface area contributed by atoms with E-state index in [0.717, 1.165) is 11.3 Å². The summed E-state index contributed by atoms with van der Waals surface area (Å²) in [6.45, 7) is 4.02. The maximum atomic E-state index is 14.1. The highest BCUT2D eigenvalue weighted by Gasteiger charge is 2.61. The topological polar surface area (TPSA) is 70.2 Å². The van der Waals surface area contributed by atoms with Crippen molar-refractivity contribution in [1.29, 1.82) is 0 Å². The molecule has 2 fully saturated rings. The van der Waals surface area contributed by atoms with Crippen LogP contribution in [-0.2, 0) is 24.0 Å². The summed E-state index contributed by atoms with van der Waals surface area (Å²) in [6, 6.07) is 14.8. The van der Waals surface area contributed by atoms with Gasteiger partial charge in [0.2, 0.25) is 10.8 Å². The molecular weight excluding hydrogens is 474 g/mol. The number of ether oxygens (including phenoxy) is 1. The van der Waals surface area contributed by atoms with Crippen molar-refractivity contribution < 1.29 is 19.1 Å². The van der Waals surface area contributed by atoms with Gasteiger partial charge in [-0.2, -0.15) is 0 Å². The number of carbonyl (C=O) groups excluding carboxylic acids is 3. The predicted octanol–water partition coefficient (Wildman–Crippen LogP) is 3.85. The molecule has 178 valence electrons. The van der Waals surface area contributed by atoms with Crippen molar-refractivity contribution in [3.8, 4) is 0 Å². The zero-order valence-electron chi connectivity index (χ0n) is 18.9. The van der Waals surface area contributed by atoms with Gasteiger partial charge in [0.1, 0.15) is 0 Å². The maximum Gasteiger partial charge on any atom is 0.309 e. The van der Waals surface area contributed by atoms with Gasteiger partial charge in [-0.1, -0.05) is 35.9 Å². The Morgan fingerprint density at radius 3 is 2.65 bits per heavy atom. The fourth-order valence-electron chi connectivity index (χ4n) is 5.08. The Balaban J connectivity index is 1.43. The van der Waals surface area contributed by atoms with Crippen molar-refractivity contribution in [3.63, 3.8) is 0 Å². The molecule has 2 aromatic rings. The molecule has 2 saturated heterocycles. The number of benzene rings is 2. The molecule has 34 heavy (non-hydrogen) atoms. The molecule has 2 amide bonds. The van der Waals surface area contributed by atoms with Gasteiger partial charge >= 0.3 is 5.97 Å². The molecule has 3 aliphatic rings. The third-order valence-corrected chi connectivity index (χ3v) is 8.30. The Morgan fingerprint density at radius 2 is 1.91 bits per heavy atom. The molecule has 7 nitrogen and oxygen atoms in total. The average Bonchev–Trinajstić information content (AvgIpc) is 3.30. The molecule has 0 unspecified atom stereocenters. The number of halogens is 1. The van der Waals surface area contributed by atoms with E-state index in [1.807, 2.05) is 37.3 Å². The number of hydrogen-bond donors (Lipinski definition) is 0. The largest absolute Gasteiger partial charge is 0.466 e. The second-order valence-electron chi connectivity index (χ2n) is 8.68. The van der Waals surface area contributed by atoms with Crippen LogP contribution in [0, 0.1) is 5.92 Å². The normalized spacial score (nSPS) is 23.1. The lowest BCUT2D eigenvalue weighted by Gasteiger charge is -2.36. The first kappa shape index (κ1) is 23.2. The summed E-state index contributed by atoms with van der Waals surface area (Å²) in [5.41, 5.74) is 2.24. The molecule has 5 rings (SSSR count). The van der Waals surface area contributed by atoms with E-state index in [1.165, 1.54) is 11.8 Å². The molecule has 2 aromatic carbocycles. The van der Waals surface area contributed by atoms with Crippen LogP contribution in [0.15, 0.2) is 48.5 Å². The molecule has 0 saturated carbocycles. The minimum absolute atomic E-state index is 0.0922. The molecule has 0 bridgehead atoms. The summed E-state index contributed by atoms with van der Waals surface area (Å²) in [7, 11) is 0. The Kier molecular flexibility index (Phi) is 6.31. The number of rotatable bonds is 5. The SMILES string of the molecule is CCOC(=O)C1CCN(CN2C(=O)[C@]3(SCC(=O)N3c3cccc(Cl)c3)c3ccccc32)CC1. The van der Waals surface area contributed by atoms with E-state index in [1.54, 1.807) is 28.0 Å². The number of para-hydroxylation sites is 1. The van der Waals surface area contributed by atoms with E-state index in [4.69, 9.17) is 16.3 Å². The van der Waals surface area contributed by atoms with Gasteiger partial charge in [0.15, 0.2) is 0 Å². The van der Waals surface area contributed by atoms with Gasteiger partial charge in [-0.05, 0) is 44.0 Å². The van der Waals surface area contributed by atoms with Crippen LogP contribution in [0.5, 0.6) is 0 Å². The smallest absolute Gasteiger partial charge is 0.309 e. The predicted molar refractivity (Wildman–Crippen MR) is 133 cm³/mol. The zero-order valence-corrected chi connectivity index (χ0v) is 20.5. The first-order valence-electron chi connectivity index (χ1n) is 11.5. The Hall–Kier alpha value is -2.55. The van der Waals surface area contributed by atoms with Crippen LogP contribution < -0.4 is 9.80 Å². The molecule has 0 N–H and O–H groups in total. The number of esters is 1. The molecule has 0 aromatic heterocycles. The molecule has 9 heteroatoms. The minimum Gasteiger partial charge on any atom is -0.466 e. The van der Waals surface area contributed by atoms with Crippen LogP contribution in [0.4, 0.5) is 11.4 Å². The number of nitrogens with zero attached hydrogens (tertiary/aromatic N) is 3. The van der Waals surface area contributed by atoms with Crippen LogP contribution in [0.3, 0.4) is 0 Å². The number of hydrogen-bond acceptors (Lipinski definition) is 6. The second-order valence-corrected chi connectivity index (χ2v) is 10.3. The fraction of sp³-hybridized carbons (Fsp3) is 0.400. The van der Waals surface area contributed by atoms with Crippen LogP contribution in [0.25, 0.3) is 0 Å². The van der Waals surface area contributed by atoms with Crippen molar-refractivity contribution in [1.82, 2.24) is 4.90 Å². The number of likely N-dealkylation sites (tertiary alicyclic amines) is 1. The van der Waals surface area contributed by atoms with Crippen molar-refractivity contribution in [2.75, 3.05) is 41.9 Å². The third-order valence-electron chi connectivity index (χ3n) is 6.68. The number of piperidine rings is 1. The van der Waals surface area contributed by atoms with E-state index >= 15 is 0 Å². The van der Waals surface area contributed by atoms with Crippen LogP contribution >= 0.6 is 23.4 Å². The highest BCUT2D eigenvalue weighted by Crippen LogP contribution is 2.55. The van der Waals surface area contributed by atoms with E-state index in [9.17, 15) is 14.4 Å². The van der Waals surface area contributed by atoms with Gasteiger partial charge in [-0.25, -0.2) is 0 Å². The van der Waals surface area contributed by atoms with E-state index in [-0.39, 0.29) is 29.5 Å². The summed E-state index contributed by atoms with van der Waals surface area (Å²) >= 11 is 7.59. The minimum atomic E-state index is -1.15. The highest BCUT2D eigenvalue weighted by molar-refractivity contribution is 8.02. The lowest BCUT2D eigenvalue weighted by molar-refractivity contribution is -0.149. The Bertz CT molecular complexity index is 1140. The van der Waals surface area contributed by atoms with Gasteiger partial charge in [-0.3, -0.25) is 29.1 Å². The lowest BCUT2D eigenvalue weighted by atomic mass is 9.97. The number of amides is 2. The number of thioether (sulfide) groups is 1. The van der Waals surface area contributed by atoms with Crippen molar-refractivity contribution >= 4 is 52.5 Å². The molecule has 3 aliphatic heterocycles. The Morgan fingerprint density at radius 1 is 1.15 bits per heavy atom. The molecule has 0 radical (unpaired) electrons. The summed E-state index contributed by atoms with van der Waals surface area (Å²) in [5, 5.41) is 0.511. The zero-order chi connectivity index (χ0) is 23.9. The van der Waals surface area contributed by atoms with Crippen LogP contribution in [0.1, 0.15) is 25.3 Å². The van der Waals surface area contributed by atoms with Gasteiger partial charge < -0.3 is 4.74 Å². The summed E-state index contributed by atoms with van der Waals surface area (Å²) in [4.78, 5) is 43.7. The highest BCUT2D eigenvalue weighted by atomic mass is 35.5.